The maximum atomic E-state index is 13.7. The number of urea groups is 2. The Bertz CT molecular complexity index is 2300. The van der Waals surface area contributed by atoms with Gasteiger partial charge in [0.25, 0.3) is 0 Å². The first-order valence-electron chi connectivity index (χ1n) is 23.1. The number of aromatic nitrogens is 2. The SMILES string of the molecule is C=CCN1C[C@H](C(=O)N(CSCC(C)=O)C(=O)NCC)C[C@@H]2c3cccc4[nH]cc(c34)C[C@H]21.C=CCN1C[C@H](C(=O)N(CSCC(C)=O)C(=O)NCC)C[C@@H]2c3cccc4[nH]cc(c34)C[C@H]21. The molecular formula is C50H64N8O6S2. The maximum Gasteiger partial charge on any atom is 0.324 e. The zero-order valence-corrected chi connectivity index (χ0v) is 40.2. The Balaban J connectivity index is 0.000000196. The smallest absolute Gasteiger partial charge is 0.324 e. The number of nitrogens with one attached hydrogen (secondary N) is 4. The molecule has 4 aromatic rings. The third-order valence-corrected chi connectivity index (χ3v) is 15.4. The minimum atomic E-state index is -0.394. The number of benzene rings is 2. The van der Waals surface area contributed by atoms with Crippen LogP contribution in [0.3, 0.4) is 0 Å². The maximum absolute atomic E-state index is 13.7. The Morgan fingerprint density at radius 3 is 1.45 bits per heavy atom. The van der Waals surface area contributed by atoms with Crippen molar-refractivity contribution >= 4 is 80.8 Å². The third kappa shape index (κ3) is 10.5. The molecular weight excluding hydrogens is 873 g/mol. The second kappa shape index (κ2) is 22.1. The van der Waals surface area contributed by atoms with Gasteiger partial charge in [-0.3, -0.25) is 38.8 Å². The van der Waals surface area contributed by atoms with Gasteiger partial charge in [-0.1, -0.05) is 36.4 Å². The molecule has 4 heterocycles. The number of piperidine rings is 2. The van der Waals surface area contributed by atoms with Crippen LogP contribution < -0.4 is 10.6 Å². The summed E-state index contributed by atoms with van der Waals surface area (Å²) < 4.78 is 0. The quantitative estimate of drug-likeness (QED) is 0.0675. The molecule has 0 bridgehead atoms. The number of ketones is 2. The number of H-pyrrole nitrogens is 2. The van der Waals surface area contributed by atoms with E-state index in [9.17, 15) is 28.8 Å². The molecule has 2 aromatic carbocycles. The van der Waals surface area contributed by atoms with Crippen molar-refractivity contribution in [2.45, 2.75) is 77.3 Å². The largest absolute Gasteiger partial charge is 0.361 e. The number of fused-ring (bicyclic) bond motifs is 4. The van der Waals surface area contributed by atoms with Crippen molar-refractivity contribution in [1.82, 2.24) is 40.2 Å². The monoisotopic (exact) mass is 936 g/mol. The zero-order chi connectivity index (χ0) is 47.1. The number of aromatic amines is 2. The summed E-state index contributed by atoms with van der Waals surface area (Å²) in [5.74, 6) is 0.428. The summed E-state index contributed by atoms with van der Waals surface area (Å²) in [5, 5.41) is 8.07. The van der Waals surface area contributed by atoms with E-state index in [1.165, 1.54) is 80.2 Å². The molecule has 4 N–H and O–H groups in total. The van der Waals surface area contributed by atoms with E-state index in [1.54, 1.807) is 0 Å². The van der Waals surface area contributed by atoms with Gasteiger partial charge in [-0.05, 0) is 87.8 Å². The van der Waals surface area contributed by atoms with Crippen LogP contribution in [-0.2, 0) is 32.0 Å². The van der Waals surface area contributed by atoms with E-state index >= 15 is 0 Å². The molecule has 2 fully saturated rings. The first-order valence-corrected chi connectivity index (χ1v) is 25.4. The number of likely N-dealkylation sites (tertiary alicyclic amines) is 2. The van der Waals surface area contributed by atoms with E-state index in [0.717, 1.165) is 23.9 Å². The number of Topliss-reactive ketones (excluding diaryl/α,β-unsaturated/α-hetero) is 2. The minimum absolute atomic E-state index is 0.0265. The number of thioether (sulfide) groups is 2. The lowest BCUT2D eigenvalue weighted by atomic mass is 9.72. The van der Waals surface area contributed by atoms with Crippen molar-refractivity contribution in [1.29, 1.82) is 0 Å². The number of carbonyl (C=O) groups excluding carboxylic acids is 6. The van der Waals surface area contributed by atoms with Gasteiger partial charge in [0.05, 0.1) is 35.1 Å². The Hall–Kier alpha value is -5.16. The summed E-state index contributed by atoms with van der Waals surface area (Å²) >= 11 is 2.60. The molecule has 6 atom stereocenters. The van der Waals surface area contributed by atoms with Crippen LogP contribution in [0.5, 0.6) is 0 Å². The normalized spacial score (nSPS) is 21.9. The highest BCUT2D eigenvalue weighted by Gasteiger charge is 2.46. The molecule has 2 aliphatic heterocycles. The lowest BCUT2D eigenvalue weighted by Gasteiger charge is -2.47. The molecule has 352 valence electrons. The molecule has 66 heavy (non-hydrogen) atoms. The predicted molar refractivity (Wildman–Crippen MR) is 265 cm³/mol. The van der Waals surface area contributed by atoms with Crippen LogP contribution >= 0.6 is 23.5 Å². The number of imide groups is 2. The summed E-state index contributed by atoms with van der Waals surface area (Å²) in [6, 6.07) is 12.5. The van der Waals surface area contributed by atoms with E-state index in [2.05, 4.69) is 92.4 Å². The van der Waals surface area contributed by atoms with Crippen molar-refractivity contribution < 1.29 is 28.8 Å². The Morgan fingerprint density at radius 2 is 1.09 bits per heavy atom. The summed E-state index contributed by atoms with van der Waals surface area (Å²) in [5.41, 5.74) is 7.48. The Labute approximate surface area is 396 Å². The lowest BCUT2D eigenvalue weighted by molar-refractivity contribution is -0.135. The van der Waals surface area contributed by atoms with Gasteiger partial charge in [0.2, 0.25) is 11.8 Å². The van der Waals surface area contributed by atoms with Crippen LogP contribution in [0.15, 0.2) is 74.1 Å². The fourth-order valence-corrected chi connectivity index (χ4v) is 12.3. The number of hydrogen-bond donors (Lipinski definition) is 4. The molecule has 0 saturated carbocycles. The molecule has 6 amide bonds. The molecule has 0 spiro atoms. The molecule has 2 aromatic heterocycles. The number of hydrogen-bond acceptors (Lipinski definition) is 10. The van der Waals surface area contributed by atoms with Crippen LogP contribution in [0.2, 0.25) is 0 Å². The first-order chi connectivity index (χ1) is 31.9. The standard InChI is InChI=1S/2C25H32N4O3S/c2*1-4-9-28-13-18(24(31)29(25(32)26-5-2)15-33-14-16(3)30)10-20-19-7-6-8-21-23(19)17(12-27-21)11-22(20)28/h2*4,6-8,12,18,20,22,27H,1,5,9-11,13-15H2,2-3H3,(H,26,32)/t2*18-,20-,22-/m11/s1. The number of carbonyl (C=O) groups is 6. The average molecular weight is 937 g/mol. The fraction of sp³-hybridized carbons (Fsp3) is 0.480. The zero-order valence-electron chi connectivity index (χ0n) is 38.6. The molecule has 0 unspecified atom stereocenters. The van der Waals surface area contributed by atoms with E-state index in [1.807, 2.05) is 26.0 Å². The van der Waals surface area contributed by atoms with Gasteiger partial charge in [-0.2, -0.15) is 0 Å². The molecule has 14 nitrogen and oxygen atoms in total. The van der Waals surface area contributed by atoms with E-state index in [0.29, 0.717) is 64.2 Å². The van der Waals surface area contributed by atoms with Crippen LogP contribution in [-0.4, -0.2) is 140 Å². The summed E-state index contributed by atoms with van der Waals surface area (Å²) in [7, 11) is 0. The Morgan fingerprint density at radius 1 is 0.682 bits per heavy atom. The third-order valence-electron chi connectivity index (χ3n) is 13.3. The average Bonchev–Trinajstić information content (AvgIpc) is 3.92. The second-order valence-corrected chi connectivity index (χ2v) is 19.7. The van der Waals surface area contributed by atoms with E-state index in [-0.39, 0.29) is 70.3 Å². The van der Waals surface area contributed by atoms with Gasteiger partial charge < -0.3 is 20.6 Å². The number of rotatable bonds is 16. The Kier molecular flexibility index (Phi) is 16.3. The molecule has 2 aliphatic carbocycles. The molecule has 2 saturated heterocycles. The highest BCUT2D eigenvalue weighted by molar-refractivity contribution is 8.00. The van der Waals surface area contributed by atoms with Crippen molar-refractivity contribution in [2.75, 3.05) is 62.5 Å². The van der Waals surface area contributed by atoms with Crippen molar-refractivity contribution in [3.8, 4) is 0 Å². The minimum Gasteiger partial charge on any atom is -0.361 e. The topological polar surface area (TPSA) is 171 Å². The summed E-state index contributed by atoms with van der Waals surface area (Å²) in [6.07, 6.45) is 11.3. The molecule has 4 aliphatic rings. The van der Waals surface area contributed by atoms with Crippen molar-refractivity contribution in [3.63, 3.8) is 0 Å². The molecule has 0 radical (unpaired) electrons. The highest BCUT2D eigenvalue weighted by Crippen LogP contribution is 2.47. The lowest BCUT2D eigenvalue weighted by Crippen LogP contribution is -2.55. The molecule has 16 heteroatoms. The number of amides is 6. The van der Waals surface area contributed by atoms with Crippen LogP contribution in [0.1, 0.15) is 74.6 Å². The van der Waals surface area contributed by atoms with Crippen molar-refractivity contribution in [3.05, 3.63) is 96.4 Å². The van der Waals surface area contributed by atoms with E-state index < -0.39 is 12.1 Å². The van der Waals surface area contributed by atoms with Gasteiger partial charge in [-0.25, -0.2) is 9.59 Å². The van der Waals surface area contributed by atoms with Gasteiger partial charge >= 0.3 is 12.1 Å². The highest BCUT2D eigenvalue weighted by atomic mass is 32.2. The van der Waals surface area contributed by atoms with E-state index in [4.69, 9.17) is 0 Å². The predicted octanol–water partition coefficient (Wildman–Crippen LogP) is 7.04. The van der Waals surface area contributed by atoms with Crippen LogP contribution in [0, 0.1) is 11.8 Å². The van der Waals surface area contributed by atoms with Gasteiger partial charge in [0, 0.05) is 97.4 Å². The van der Waals surface area contributed by atoms with Crippen LogP contribution in [0.25, 0.3) is 21.8 Å². The van der Waals surface area contributed by atoms with Crippen LogP contribution in [0.4, 0.5) is 9.59 Å². The summed E-state index contributed by atoms with van der Waals surface area (Å²) in [4.78, 5) is 89.6. The summed E-state index contributed by atoms with van der Waals surface area (Å²) in [6.45, 7) is 18.0. The van der Waals surface area contributed by atoms with Gasteiger partial charge in [0.15, 0.2) is 0 Å². The van der Waals surface area contributed by atoms with Gasteiger partial charge in [-0.15, -0.1) is 36.7 Å². The van der Waals surface area contributed by atoms with Crippen molar-refractivity contribution in [2.24, 2.45) is 11.8 Å². The second-order valence-electron chi connectivity index (χ2n) is 17.8. The molecule has 8 rings (SSSR count). The van der Waals surface area contributed by atoms with Gasteiger partial charge in [0.1, 0.15) is 11.6 Å². The number of nitrogens with zero attached hydrogens (tertiary/aromatic N) is 4. The fourth-order valence-electron chi connectivity index (χ4n) is 10.6. The first kappa shape index (κ1) is 48.8.